The zero-order chi connectivity index (χ0) is 13.4. The Kier molecular flexibility index (Phi) is 3.19. The lowest BCUT2D eigenvalue weighted by Crippen LogP contribution is -2.14. The largest absolute Gasteiger partial charge is 0.209 e. The fourth-order valence-corrected chi connectivity index (χ4v) is 3.55. The van der Waals surface area contributed by atoms with Gasteiger partial charge < -0.3 is 0 Å². The van der Waals surface area contributed by atoms with Crippen LogP contribution in [0.2, 0.25) is 0 Å². The SMILES string of the molecule is Cc1ccc(C)c([N+]2=Cc3cccc(C)c3SC2)c1. The number of rotatable bonds is 1. The first-order valence-corrected chi connectivity index (χ1v) is 7.55. The van der Waals surface area contributed by atoms with Gasteiger partial charge in [0.1, 0.15) is 0 Å². The summed E-state index contributed by atoms with van der Waals surface area (Å²) in [5, 5.41) is 0. The molecule has 1 aliphatic rings. The average molecular weight is 268 g/mol. The molecule has 3 rings (SSSR count). The lowest BCUT2D eigenvalue weighted by molar-refractivity contribution is -0.411. The second-order valence-electron chi connectivity index (χ2n) is 5.16. The molecule has 2 aromatic carbocycles. The molecule has 19 heavy (non-hydrogen) atoms. The third kappa shape index (κ3) is 2.33. The molecule has 2 heteroatoms. The van der Waals surface area contributed by atoms with Crippen LogP contribution in [0.4, 0.5) is 5.69 Å². The fraction of sp³-hybridized carbons (Fsp3) is 0.235. The summed E-state index contributed by atoms with van der Waals surface area (Å²) >= 11 is 1.93. The summed E-state index contributed by atoms with van der Waals surface area (Å²) in [6, 6.07) is 13.2. The van der Waals surface area contributed by atoms with Gasteiger partial charge in [0, 0.05) is 16.5 Å². The summed E-state index contributed by atoms with van der Waals surface area (Å²) < 4.78 is 2.36. The Balaban J connectivity index is 2.11. The predicted octanol–water partition coefficient (Wildman–Crippen LogP) is 4.44. The molecule has 1 heterocycles. The Labute approximate surface area is 119 Å². The molecule has 1 aliphatic heterocycles. The molecule has 0 radical (unpaired) electrons. The van der Waals surface area contributed by atoms with Crippen molar-refractivity contribution in [2.75, 3.05) is 5.88 Å². The quantitative estimate of drug-likeness (QED) is 0.691. The maximum absolute atomic E-state index is 2.36. The minimum absolute atomic E-state index is 0.988. The highest BCUT2D eigenvalue weighted by molar-refractivity contribution is 7.99. The molecule has 0 spiro atoms. The third-order valence-corrected chi connectivity index (χ3v) is 4.81. The van der Waals surface area contributed by atoms with Crippen molar-refractivity contribution in [1.82, 2.24) is 0 Å². The number of hydrogen-bond acceptors (Lipinski definition) is 1. The maximum Gasteiger partial charge on any atom is 0.209 e. The molecule has 0 bridgehead atoms. The lowest BCUT2D eigenvalue weighted by Gasteiger charge is -2.14. The van der Waals surface area contributed by atoms with Crippen LogP contribution in [0.3, 0.4) is 0 Å². The molecule has 0 amide bonds. The zero-order valence-corrected chi connectivity index (χ0v) is 12.4. The number of hydrogen-bond donors (Lipinski definition) is 0. The second kappa shape index (κ2) is 4.86. The Morgan fingerprint density at radius 2 is 1.84 bits per heavy atom. The van der Waals surface area contributed by atoms with Crippen LogP contribution in [-0.4, -0.2) is 16.7 Å². The van der Waals surface area contributed by atoms with Gasteiger partial charge in [-0.2, -0.15) is 4.58 Å². The van der Waals surface area contributed by atoms with Crippen molar-refractivity contribution in [1.29, 1.82) is 0 Å². The highest BCUT2D eigenvalue weighted by Crippen LogP contribution is 2.32. The molecule has 2 aromatic rings. The van der Waals surface area contributed by atoms with Crippen molar-refractivity contribution in [3.05, 3.63) is 58.7 Å². The smallest absolute Gasteiger partial charge is 0.188 e. The van der Waals surface area contributed by atoms with Crippen LogP contribution >= 0.6 is 11.8 Å². The van der Waals surface area contributed by atoms with E-state index >= 15 is 0 Å². The van der Waals surface area contributed by atoms with Gasteiger partial charge in [-0.25, -0.2) is 0 Å². The fourth-order valence-electron chi connectivity index (χ4n) is 2.48. The van der Waals surface area contributed by atoms with E-state index in [2.05, 4.69) is 68.0 Å². The van der Waals surface area contributed by atoms with Gasteiger partial charge in [-0.3, -0.25) is 0 Å². The normalized spacial score (nSPS) is 13.9. The van der Waals surface area contributed by atoms with Crippen molar-refractivity contribution < 1.29 is 4.58 Å². The van der Waals surface area contributed by atoms with Crippen molar-refractivity contribution in [2.24, 2.45) is 0 Å². The molecule has 0 saturated carbocycles. The molecular formula is C17H18NS+. The van der Waals surface area contributed by atoms with Crippen LogP contribution < -0.4 is 0 Å². The minimum Gasteiger partial charge on any atom is -0.188 e. The molecule has 0 aromatic heterocycles. The van der Waals surface area contributed by atoms with Crippen molar-refractivity contribution >= 4 is 23.7 Å². The highest BCUT2D eigenvalue weighted by Gasteiger charge is 2.21. The summed E-state index contributed by atoms with van der Waals surface area (Å²) in [6.07, 6.45) is 2.28. The first-order chi connectivity index (χ1) is 9.15. The Morgan fingerprint density at radius 3 is 2.68 bits per heavy atom. The van der Waals surface area contributed by atoms with E-state index in [1.54, 1.807) is 0 Å². The van der Waals surface area contributed by atoms with E-state index in [1.807, 2.05) is 11.8 Å². The second-order valence-corrected chi connectivity index (χ2v) is 6.11. The van der Waals surface area contributed by atoms with Crippen LogP contribution in [0.5, 0.6) is 0 Å². The van der Waals surface area contributed by atoms with E-state index in [1.165, 1.54) is 32.8 Å². The summed E-state index contributed by atoms with van der Waals surface area (Å²) in [5.41, 5.74) is 6.67. The van der Waals surface area contributed by atoms with Gasteiger partial charge in [0.25, 0.3) is 0 Å². The zero-order valence-electron chi connectivity index (χ0n) is 11.6. The molecule has 96 valence electrons. The van der Waals surface area contributed by atoms with E-state index in [0.717, 1.165) is 5.88 Å². The van der Waals surface area contributed by atoms with Gasteiger partial charge >= 0.3 is 0 Å². The monoisotopic (exact) mass is 268 g/mol. The minimum atomic E-state index is 0.988. The topological polar surface area (TPSA) is 3.01 Å². The first-order valence-electron chi connectivity index (χ1n) is 6.56. The van der Waals surface area contributed by atoms with Crippen LogP contribution in [-0.2, 0) is 0 Å². The molecule has 0 fully saturated rings. The van der Waals surface area contributed by atoms with Crippen molar-refractivity contribution in [2.45, 2.75) is 25.7 Å². The van der Waals surface area contributed by atoms with E-state index < -0.39 is 0 Å². The van der Waals surface area contributed by atoms with Gasteiger partial charge in [-0.1, -0.05) is 36.0 Å². The van der Waals surface area contributed by atoms with E-state index in [-0.39, 0.29) is 0 Å². The van der Waals surface area contributed by atoms with Crippen LogP contribution in [0.15, 0.2) is 41.3 Å². The number of thioether (sulfide) groups is 1. The van der Waals surface area contributed by atoms with Gasteiger partial charge in [0.05, 0.1) is 5.56 Å². The molecule has 1 nitrogen and oxygen atoms in total. The lowest BCUT2D eigenvalue weighted by atomic mass is 10.1. The molecule has 0 atom stereocenters. The Bertz CT molecular complexity index is 671. The Morgan fingerprint density at radius 1 is 1.00 bits per heavy atom. The summed E-state index contributed by atoms with van der Waals surface area (Å²) in [7, 11) is 0. The predicted molar refractivity (Wildman–Crippen MR) is 82.9 cm³/mol. The number of fused-ring (bicyclic) bond motifs is 1. The Hall–Kier alpha value is -1.54. The molecule has 0 N–H and O–H groups in total. The van der Waals surface area contributed by atoms with Crippen LogP contribution in [0.1, 0.15) is 22.3 Å². The van der Waals surface area contributed by atoms with Crippen molar-refractivity contribution in [3.63, 3.8) is 0 Å². The summed E-state index contributed by atoms with van der Waals surface area (Å²) in [5.74, 6) is 0.988. The van der Waals surface area contributed by atoms with Crippen LogP contribution in [0.25, 0.3) is 0 Å². The van der Waals surface area contributed by atoms with Gasteiger partial charge in [-0.05, 0) is 38.0 Å². The maximum atomic E-state index is 2.36. The van der Waals surface area contributed by atoms with Gasteiger partial charge in [0.2, 0.25) is 5.69 Å². The standard InChI is InChI=1S/C17H18NS/c1-12-7-8-13(2)16(9-12)18-10-15-6-4-5-14(3)17(15)19-11-18/h4-10H,11H2,1-3H3/q+1. The first kappa shape index (κ1) is 12.5. The molecular weight excluding hydrogens is 250 g/mol. The third-order valence-electron chi connectivity index (χ3n) is 3.56. The van der Waals surface area contributed by atoms with E-state index in [4.69, 9.17) is 0 Å². The number of aryl methyl sites for hydroxylation is 3. The number of nitrogens with zero attached hydrogens (tertiary/aromatic N) is 1. The van der Waals surface area contributed by atoms with Crippen LogP contribution in [0, 0.1) is 20.8 Å². The van der Waals surface area contributed by atoms with Gasteiger partial charge in [0.15, 0.2) is 12.1 Å². The summed E-state index contributed by atoms with van der Waals surface area (Å²) in [6.45, 7) is 6.52. The van der Waals surface area contributed by atoms with Crippen molar-refractivity contribution in [3.8, 4) is 0 Å². The summed E-state index contributed by atoms with van der Waals surface area (Å²) in [4.78, 5) is 1.42. The molecule has 0 aliphatic carbocycles. The number of benzene rings is 2. The molecule has 0 saturated heterocycles. The van der Waals surface area contributed by atoms with E-state index in [9.17, 15) is 0 Å². The average Bonchev–Trinajstić information content (AvgIpc) is 2.41. The van der Waals surface area contributed by atoms with Gasteiger partial charge in [-0.15, -0.1) is 0 Å². The molecule has 0 unspecified atom stereocenters. The highest BCUT2D eigenvalue weighted by atomic mass is 32.2. The van der Waals surface area contributed by atoms with E-state index in [0.29, 0.717) is 0 Å².